The molecule has 0 aromatic heterocycles. The molecule has 0 radical (unpaired) electrons. The molecule has 1 atom stereocenters. The van der Waals surface area contributed by atoms with Crippen molar-refractivity contribution in [1.29, 1.82) is 0 Å². The van der Waals surface area contributed by atoms with Gasteiger partial charge in [-0.15, -0.1) is 0 Å². The molecule has 4 nitrogen and oxygen atoms in total. The predicted octanol–water partition coefficient (Wildman–Crippen LogP) is 4.33. The molecule has 1 amide bonds. The maximum Gasteiger partial charge on any atom is 0.267 e. The number of oxime groups is 1. The molecule has 2 aromatic carbocycles. The van der Waals surface area contributed by atoms with Gasteiger partial charge in [0, 0.05) is 5.69 Å². The molecular formula is C19H21FN2O2. The van der Waals surface area contributed by atoms with Gasteiger partial charge in [-0.1, -0.05) is 43.3 Å². The lowest BCUT2D eigenvalue weighted by Crippen LogP contribution is -2.26. The number of benzene rings is 2. The van der Waals surface area contributed by atoms with Gasteiger partial charge in [0.2, 0.25) is 6.10 Å². The zero-order valence-electron chi connectivity index (χ0n) is 14.0. The lowest BCUT2D eigenvalue weighted by atomic mass is 10.0. The Labute approximate surface area is 141 Å². The summed E-state index contributed by atoms with van der Waals surface area (Å²) in [4.78, 5) is 17.1. The minimum absolute atomic E-state index is 0.353. The highest BCUT2D eigenvalue weighted by atomic mass is 19.1. The average molecular weight is 328 g/mol. The van der Waals surface area contributed by atoms with E-state index in [1.807, 2.05) is 24.3 Å². The van der Waals surface area contributed by atoms with E-state index >= 15 is 0 Å². The summed E-state index contributed by atoms with van der Waals surface area (Å²) in [6, 6.07) is 13.5. The summed E-state index contributed by atoms with van der Waals surface area (Å²) >= 11 is 0. The highest BCUT2D eigenvalue weighted by Crippen LogP contribution is 2.14. The van der Waals surface area contributed by atoms with Crippen molar-refractivity contribution in [3.8, 4) is 0 Å². The van der Waals surface area contributed by atoms with Gasteiger partial charge in [0.1, 0.15) is 5.82 Å². The van der Waals surface area contributed by atoms with Crippen molar-refractivity contribution in [2.75, 3.05) is 5.32 Å². The average Bonchev–Trinajstić information content (AvgIpc) is 2.57. The summed E-state index contributed by atoms with van der Waals surface area (Å²) in [7, 11) is 0. The van der Waals surface area contributed by atoms with Crippen LogP contribution in [0.1, 0.15) is 37.8 Å². The first kappa shape index (κ1) is 17.7. The monoisotopic (exact) mass is 328 g/mol. The SMILES string of the molecule is CC(C)c1ccc(/C=N\O[C@@H](C)C(=O)Nc2ccc(F)cc2)cc1. The first-order valence-corrected chi connectivity index (χ1v) is 7.81. The van der Waals surface area contributed by atoms with Crippen LogP contribution >= 0.6 is 0 Å². The summed E-state index contributed by atoms with van der Waals surface area (Å²) in [6.07, 6.45) is 0.799. The number of carbonyl (C=O) groups excluding carboxylic acids is 1. The number of carbonyl (C=O) groups is 1. The second-order valence-corrected chi connectivity index (χ2v) is 5.80. The number of nitrogens with one attached hydrogen (secondary N) is 1. The zero-order valence-corrected chi connectivity index (χ0v) is 14.0. The molecule has 2 aromatic rings. The molecule has 5 heteroatoms. The first-order chi connectivity index (χ1) is 11.5. The Morgan fingerprint density at radius 2 is 1.71 bits per heavy atom. The second kappa shape index (κ2) is 8.24. The maximum atomic E-state index is 12.8. The summed E-state index contributed by atoms with van der Waals surface area (Å²) in [6.45, 7) is 5.86. The quantitative estimate of drug-likeness (QED) is 0.634. The van der Waals surface area contributed by atoms with Crippen LogP contribution in [0.5, 0.6) is 0 Å². The van der Waals surface area contributed by atoms with Crippen molar-refractivity contribution in [3.05, 3.63) is 65.5 Å². The van der Waals surface area contributed by atoms with E-state index in [9.17, 15) is 9.18 Å². The fourth-order valence-electron chi connectivity index (χ4n) is 1.97. The molecule has 0 aliphatic heterocycles. The van der Waals surface area contributed by atoms with Crippen molar-refractivity contribution in [1.82, 2.24) is 0 Å². The molecule has 0 saturated carbocycles. The third-order valence-electron chi connectivity index (χ3n) is 3.50. The molecule has 126 valence electrons. The zero-order chi connectivity index (χ0) is 17.5. The number of amides is 1. The third kappa shape index (κ3) is 5.19. The van der Waals surface area contributed by atoms with Crippen LogP contribution in [0.25, 0.3) is 0 Å². The Morgan fingerprint density at radius 3 is 2.29 bits per heavy atom. The Balaban J connectivity index is 1.86. The van der Waals surface area contributed by atoms with Crippen LogP contribution in [0.4, 0.5) is 10.1 Å². The smallest absolute Gasteiger partial charge is 0.267 e. The molecule has 0 unspecified atom stereocenters. The fourth-order valence-corrected chi connectivity index (χ4v) is 1.97. The van der Waals surface area contributed by atoms with E-state index < -0.39 is 6.10 Å². The molecule has 1 N–H and O–H groups in total. The number of hydrogen-bond donors (Lipinski definition) is 1. The molecule has 0 fully saturated rings. The molecule has 0 saturated heterocycles. The lowest BCUT2D eigenvalue weighted by Gasteiger charge is -2.10. The maximum absolute atomic E-state index is 12.8. The Morgan fingerprint density at radius 1 is 1.08 bits per heavy atom. The minimum Gasteiger partial charge on any atom is -0.383 e. The fraction of sp³-hybridized carbons (Fsp3) is 0.263. The number of anilines is 1. The number of halogens is 1. The van der Waals surface area contributed by atoms with Gasteiger partial charge < -0.3 is 10.2 Å². The van der Waals surface area contributed by atoms with Gasteiger partial charge in [-0.25, -0.2) is 4.39 Å². The van der Waals surface area contributed by atoms with E-state index in [0.717, 1.165) is 5.56 Å². The van der Waals surface area contributed by atoms with Gasteiger partial charge in [-0.05, 0) is 48.2 Å². The topological polar surface area (TPSA) is 50.7 Å². The molecule has 0 spiro atoms. The van der Waals surface area contributed by atoms with Crippen LogP contribution in [0, 0.1) is 5.82 Å². The van der Waals surface area contributed by atoms with Gasteiger partial charge in [0.05, 0.1) is 6.21 Å². The molecule has 2 rings (SSSR count). The van der Waals surface area contributed by atoms with Crippen molar-refractivity contribution in [3.63, 3.8) is 0 Å². The summed E-state index contributed by atoms with van der Waals surface area (Å²) in [5.41, 5.74) is 2.65. The number of hydrogen-bond acceptors (Lipinski definition) is 3. The largest absolute Gasteiger partial charge is 0.383 e. The van der Waals surface area contributed by atoms with E-state index in [2.05, 4.69) is 24.3 Å². The molecule has 0 aliphatic rings. The van der Waals surface area contributed by atoms with Crippen LogP contribution in [0.3, 0.4) is 0 Å². The molecule has 0 aliphatic carbocycles. The van der Waals surface area contributed by atoms with Crippen molar-refractivity contribution < 1.29 is 14.0 Å². The van der Waals surface area contributed by atoms with E-state index in [1.165, 1.54) is 29.8 Å². The lowest BCUT2D eigenvalue weighted by molar-refractivity contribution is -0.126. The first-order valence-electron chi connectivity index (χ1n) is 7.81. The Hall–Kier alpha value is -2.69. The number of rotatable bonds is 6. The van der Waals surface area contributed by atoms with Crippen LogP contribution in [-0.2, 0) is 9.63 Å². The molecule has 0 bridgehead atoms. The Kier molecular flexibility index (Phi) is 6.07. The van der Waals surface area contributed by atoms with Gasteiger partial charge in [0.25, 0.3) is 5.91 Å². The van der Waals surface area contributed by atoms with Crippen LogP contribution < -0.4 is 5.32 Å². The molecule has 0 heterocycles. The van der Waals surface area contributed by atoms with Crippen LogP contribution in [-0.4, -0.2) is 18.2 Å². The van der Waals surface area contributed by atoms with Crippen molar-refractivity contribution in [2.24, 2.45) is 5.16 Å². The summed E-state index contributed by atoms with van der Waals surface area (Å²) in [5.74, 6) is -0.235. The highest BCUT2D eigenvalue weighted by molar-refractivity contribution is 5.93. The van der Waals surface area contributed by atoms with E-state index in [-0.39, 0.29) is 11.7 Å². The minimum atomic E-state index is -0.763. The van der Waals surface area contributed by atoms with Gasteiger partial charge >= 0.3 is 0 Å². The number of nitrogens with zero attached hydrogens (tertiary/aromatic N) is 1. The summed E-state index contributed by atoms with van der Waals surface area (Å²) in [5, 5.41) is 6.48. The van der Waals surface area contributed by atoms with Crippen molar-refractivity contribution in [2.45, 2.75) is 32.8 Å². The Bertz CT molecular complexity index is 694. The van der Waals surface area contributed by atoms with Gasteiger partial charge in [0.15, 0.2) is 0 Å². The normalized spacial score (nSPS) is 12.4. The third-order valence-corrected chi connectivity index (χ3v) is 3.50. The highest BCUT2D eigenvalue weighted by Gasteiger charge is 2.14. The molecular weight excluding hydrogens is 307 g/mol. The second-order valence-electron chi connectivity index (χ2n) is 5.80. The summed E-state index contributed by atoms with van der Waals surface area (Å²) < 4.78 is 12.8. The van der Waals surface area contributed by atoms with Crippen LogP contribution in [0.2, 0.25) is 0 Å². The van der Waals surface area contributed by atoms with Gasteiger partial charge in [-0.3, -0.25) is 4.79 Å². The van der Waals surface area contributed by atoms with E-state index in [0.29, 0.717) is 11.6 Å². The van der Waals surface area contributed by atoms with Gasteiger partial charge in [-0.2, -0.15) is 0 Å². The van der Waals surface area contributed by atoms with Crippen LogP contribution in [0.15, 0.2) is 53.7 Å². The molecule has 24 heavy (non-hydrogen) atoms. The van der Waals surface area contributed by atoms with E-state index in [4.69, 9.17) is 4.84 Å². The van der Waals surface area contributed by atoms with Crippen molar-refractivity contribution >= 4 is 17.8 Å². The predicted molar refractivity (Wildman–Crippen MR) is 93.7 cm³/mol. The van der Waals surface area contributed by atoms with E-state index in [1.54, 1.807) is 13.1 Å². The standard InChI is InChI=1S/C19H21FN2O2/c1-13(2)16-6-4-15(5-7-16)12-21-24-14(3)19(23)22-18-10-8-17(20)9-11-18/h4-14H,1-3H3,(H,22,23)/b21-12-/t14-/m0/s1.